The predicted octanol–water partition coefficient (Wildman–Crippen LogP) is 2.63. The minimum atomic E-state index is -0.109. The van der Waals surface area contributed by atoms with E-state index in [1.807, 2.05) is 24.3 Å². The molecule has 4 nitrogen and oxygen atoms in total. The zero-order chi connectivity index (χ0) is 11.8. The van der Waals surface area contributed by atoms with E-state index in [1.54, 1.807) is 12.1 Å². The quantitative estimate of drug-likeness (QED) is 0.566. The number of hydrogen-bond acceptors (Lipinski definition) is 4. The van der Waals surface area contributed by atoms with Gasteiger partial charge in [0, 0.05) is 0 Å². The fourth-order valence-corrected chi connectivity index (χ4v) is 1.97. The molecule has 2 aromatic carbocycles. The van der Waals surface area contributed by atoms with Gasteiger partial charge in [-0.1, -0.05) is 18.2 Å². The Morgan fingerprint density at radius 1 is 0.824 bits per heavy atom. The summed E-state index contributed by atoms with van der Waals surface area (Å²) in [5, 5.41) is 25.3. The third kappa shape index (κ3) is 1.63. The van der Waals surface area contributed by atoms with Crippen LogP contribution in [0.4, 0.5) is 11.4 Å². The molecule has 2 aromatic rings. The van der Waals surface area contributed by atoms with Crippen LogP contribution in [-0.2, 0) is 0 Å². The van der Waals surface area contributed by atoms with Gasteiger partial charge in [0.05, 0.1) is 11.4 Å². The summed E-state index contributed by atoms with van der Waals surface area (Å²) in [4.78, 5) is 0. The molecular weight excluding hydrogens is 216 g/mol. The number of benzene rings is 2. The molecule has 0 saturated carbocycles. The molecule has 1 aliphatic rings. The van der Waals surface area contributed by atoms with Crippen molar-refractivity contribution in [1.29, 1.82) is 0 Å². The molecule has 0 saturated heterocycles. The summed E-state index contributed by atoms with van der Waals surface area (Å²) >= 11 is 0. The molecule has 17 heavy (non-hydrogen) atoms. The van der Waals surface area contributed by atoms with Gasteiger partial charge in [-0.15, -0.1) is 0 Å². The molecule has 0 unspecified atom stereocenters. The van der Waals surface area contributed by atoms with Crippen LogP contribution in [0, 0.1) is 0 Å². The highest BCUT2D eigenvalue weighted by atomic mass is 16.3. The number of fused-ring (bicyclic) bond motifs is 1. The fourth-order valence-electron chi connectivity index (χ4n) is 1.97. The Kier molecular flexibility index (Phi) is 2.08. The maximum absolute atomic E-state index is 9.47. The summed E-state index contributed by atoms with van der Waals surface area (Å²) in [7, 11) is 0. The van der Waals surface area contributed by atoms with Gasteiger partial charge in [0.25, 0.3) is 0 Å². The van der Waals surface area contributed by atoms with Gasteiger partial charge >= 0.3 is 0 Å². The molecular formula is C13H12N2O2. The van der Waals surface area contributed by atoms with E-state index in [2.05, 4.69) is 10.6 Å². The van der Waals surface area contributed by atoms with Crippen molar-refractivity contribution in [2.45, 2.75) is 6.17 Å². The van der Waals surface area contributed by atoms with Crippen LogP contribution in [0.1, 0.15) is 11.7 Å². The zero-order valence-electron chi connectivity index (χ0n) is 9.01. The molecule has 0 aliphatic carbocycles. The smallest absolute Gasteiger partial charge is 0.157 e. The number of aromatic hydroxyl groups is 2. The number of para-hydroxylation sites is 2. The minimum absolute atomic E-state index is 0.0844. The molecule has 1 aliphatic heterocycles. The first-order chi connectivity index (χ1) is 8.24. The van der Waals surface area contributed by atoms with Crippen molar-refractivity contribution in [3.63, 3.8) is 0 Å². The Morgan fingerprint density at radius 2 is 1.47 bits per heavy atom. The first-order valence-electron chi connectivity index (χ1n) is 5.38. The predicted molar refractivity (Wildman–Crippen MR) is 66.2 cm³/mol. The summed E-state index contributed by atoms with van der Waals surface area (Å²) in [6, 6.07) is 12.7. The lowest BCUT2D eigenvalue weighted by atomic mass is 10.1. The van der Waals surface area contributed by atoms with Gasteiger partial charge in [0.15, 0.2) is 11.5 Å². The number of phenols is 2. The summed E-state index contributed by atoms with van der Waals surface area (Å²) < 4.78 is 0. The maximum atomic E-state index is 9.47. The first-order valence-corrected chi connectivity index (χ1v) is 5.38. The summed E-state index contributed by atoms with van der Waals surface area (Å²) in [6.07, 6.45) is -0.0844. The Balaban J connectivity index is 1.91. The van der Waals surface area contributed by atoms with Crippen LogP contribution in [-0.4, -0.2) is 10.2 Å². The van der Waals surface area contributed by atoms with Crippen LogP contribution in [0.5, 0.6) is 11.5 Å². The molecule has 1 heterocycles. The second-order valence-corrected chi connectivity index (χ2v) is 4.02. The van der Waals surface area contributed by atoms with Gasteiger partial charge in [0.1, 0.15) is 6.17 Å². The lowest BCUT2D eigenvalue weighted by molar-refractivity contribution is 0.403. The summed E-state index contributed by atoms with van der Waals surface area (Å²) in [5.41, 5.74) is 2.94. The van der Waals surface area contributed by atoms with E-state index in [0.29, 0.717) is 0 Å². The molecule has 4 heteroatoms. The summed E-state index contributed by atoms with van der Waals surface area (Å²) in [6.45, 7) is 0. The minimum Gasteiger partial charge on any atom is -0.504 e. The zero-order valence-corrected chi connectivity index (χ0v) is 9.01. The van der Waals surface area contributed by atoms with E-state index in [1.165, 1.54) is 6.07 Å². The van der Waals surface area contributed by atoms with E-state index in [4.69, 9.17) is 0 Å². The number of rotatable bonds is 1. The molecule has 0 amide bonds. The van der Waals surface area contributed by atoms with Crippen LogP contribution in [0.3, 0.4) is 0 Å². The number of phenolic OH excluding ortho intramolecular Hbond substituents is 2. The van der Waals surface area contributed by atoms with Crippen molar-refractivity contribution in [1.82, 2.24) is 0 Å². The van der Waals surface area contributed by atoms with Crippen LogP contribution >= 0.6 is 0 Å². The molecule has 86 valence electrons. The maximum Gasteiger partial charge on any atom is 0.157 e. The van der Waals surface area contributed by atoms with Gasteiger partial charge in [-0.2, -0.15) is 0 Å². The normalized spacial score (nSPS) is 13.9. The number of nitrogens with one attached hydrogen (secondary N) is 2. The first kappa shape index (κ1) is 9.84. The Hall–Kier alpha value is -2.36. The highest BCUT2D eigenvalue weighted by molar-refractivity contribution is 5.75. The standard InChI is InChI=1S/C13H12N2O2/c16-11-6-5-8(7-12(11)17)13-14-9-3-1-2-4-10(9)15-13/h1-7,13-17H. The Morgan fingerprint density at radius 3 is 2.06 bits per heavy atom. The van der Waals surface area contributed by atoms with Gasteiger partial charge < -0.3 is 20.8 Å². The molecule has 0 radical (unpaired) electrons. The number of hydrogen-bond donors (Lipinski definition) is 4. The molecule has 4 N–H and O–H groups in total. The molecule has 0 aromatic heterocycles. The van der Waals surface area contributed by atoms with Crippen molar-refractivity contribution >= 4 is 11.4 Å². The average molecular weight is 228 g/mol. The molecule has 0 spiro atoms. The van der Waals surface area contributed by atoms with Crippen LogP contribution in [0.2, 0.25) is 0 Å². The van der Waals surface area contributed by atoms with Crippen molar-refractivity contribution in [2.24, 2.45) is 0 Å². The topological polar surface area (TPSA) is 64.5 Å². The third-order valence-corrected chi connectivity index (χ3v) is 2.86. The SMILES string of the molecule is Oc1ccc(C2Nc3ccccc3N2)cc1O. The largest absolute Gasteiger partial charge is 0.504 e. The lowest BCUT2D eigenvalue weighted by Crippen LogP contribution is -2.11. The van der Waals surface area contributed by atoms with Gasteiger partial charge in [-0.05, 0) is 29.8 Å². The molecule has 0 fully saturated rings. The monoisotopic (exact) mass is 228 g/mol. The highest BCUT2D eigenvalue weighted by Gasteiger charge is 2.20. The molecule has 0 bridgehead atoms. The van der Waals surface area contributed by atoms with Gasteiger partial charge in [-0.3, -0.25) is 0 Å². The van der Waals surface area contributed by atoms with Crippen molar-refractivity contribution in [3.8, 4) is 11.5 Å². The van der Waals surface area contributed by atoms with Crippen LogP contribution in [0.15, 0.2) is 42.5 Å². The number of anilines is 2. The van der Waals surface area contributed by atoms with Crippen molar-refractivity contribution < 1.29 is 10.2 Å². The third-order valence-electron chi connectivity index (χ3n) is 2.86. The summed E-state index contributed by atoms with van der Waals surface area (Å²) in [5.74, 6) is -0.216. The molecule has 0 atom stereocenters. The Bertz CT molecular complexity index is 544. The second-order valence-electron chi connectivity index (χ2n) is 4.02. The van der Waals surface area contributed by atoms with E-state index < -0.39 is 0 Å². The van der Waals surface area contributed by atoms with Gasteiger partial charge in [0.2, 0.25) is 0 Å². The Labute approximate surface area is 98.5 Å². The van der Waals surface area contributed by atoms with E-state index in [9.17, 15) is 10.2 Å². The second kappa shape index (κ2) is 3.59. The van der Waals surface area contributed by atoms with E-state index in [-0.39, 0.29) is 17.7 Å². The van der Waals surface area contributed by atoms with Gasteiger partial charge in [-0.25, -0.2) is 0 Å². The van der Waals surface area contributed by atoms with Crippen molar-refractivity contribution in [2.75, 3.05) is 10.6 Å². The fraction of sp³-hybridized carbons (Fsp3) is 0.0769. The van der Waals surface area contributed by atoms with E-state index in [0.717, 1.165) is 16.9 Å². The highest BCUT2D eigenvalue weighted by Crippen LogP contribution is 2.36. The lowest BCUT2D eigenvalue weighted by Gasteiger charge is -2.13. The van der Waals surface area contributed by atoms with Crippen LogP contribution in [0.25, 0.3) is 0 Å². The molecule has 3 rings (SSSR count). The average Bonchev–Trinajstić information content (AvgIpc) is 2.76. The van der Waals surface area contributed by atoms with Crippen molar-refractivity contribution in [3.05, 3.63) is 48.0 Å². The van der Waals surface area contributed by atoms with E-state index >= 15 is 0 Å². The van der Waals surface area contributed by atoms with Crippen LogP contribution < -0.4 is 10.6 Å².